The number of benzene rings is 1. The van der Waals surface area contributed by atoms with Crippen molar-refractivity contribution in [2.24, 2.45) is 7.05 Å². The van der Waals surface area contributed by atoms with Gasteiger partial charge >= 0.3 is 0 Å². The number of nitrogens with zero attached hydrogens (tertiary/aromatic N) is 4. The van der Waals surface area contributed by atoms with Crippen molar-refractivity contribution in [3.63, 3.8) is 0 Å². The van der Waals surface area contributed by atoms with Gasteiger partial charge in [0.2, 0.25) is 0 Å². The third-order valence-corrected chi connectivity index (χ3v) is 5.80. The third kappa shape index (κ3) is 4.09. The van der Waals surface area contributed by atoms with Crippen molar-refractivity contribution in [3.8, 4) is 6.07 Å². The Balaban J connectivity index is 0.00000225. The molecule has 3 heterocycles. The van der Waals surface area contributed by atoms with Gasteiger partial charge in [-0.05, 0) is 23.6 Å². The molecule has 8 heteroatoms. The van der Waals surface area contributed by atoms with Crippen LogP contribution in [-0.4, -0.2) is 27.1 Å². The molecule has 0 saturated heterocycles. The first-order valence-electron chi connectivity index (χ1n) is 8.76. The normalized spacial score (nSPS) is 13.3. The number of nitrogens with one attached hydrogen (secondary N) is 1. The zero-order chi connectivity index (χ0) is 18.8. The Labute approximate surface area is 173 Å². The number of nitriles is 1. The third-order valence-electron chi connectivity index (χ3n) is 4.67. The molecule has 4 rings (SSSR count). The van der Waals surface area contributed by atoms with Gasteiger partial charge < -0.3 is 5.32 Å². The van der Waals surface area contributed by atoms with Crippen LogP contribution in [0.5, 0.6) is 0 Å². The molecule has 3 aromatic rings. The van der Waals surface area contributed by atoms with Crippen LogP contribution in [-0.2, 0) is 26.6 Å². The van der Waals surface area contributed by atoms with Crippen LogP contribution in [0.1, 0.15) is 32.1 Å². The monoisotopic (exact) mass is 413 g/mol. The van der Waals surface area contributed by atoms with E-state index in [1.165, 1.54) is 16.9 Å². The molecule has 0 atom stereocenters. The van der Waals surface area contributed by atoms with E-state index in [0.717, 1.165) is 36.5 Å². The predicted octanol–water partition coefficient (Wildman–Crippen LogP) is 3.59. The number of fused-ring (bicyclic) bond motifs is 1. The largest absolute Gasteiger partial charge is 0.311 e. The van der Waals surface area contributed by atoms with E-state index in [1.807, 2.05) is 6.07 Å². The molecule has 0 unspecified atom stereocenters. The van der Waals surface area contributed by atoms with Gasteiger partial charge in [0, 0.05) is 37.8 Å². The van der Waals surface area contributed by atoms with Gasteiger partial charge in [0.25, 0.3) is 5.91 Å². The molecule has 0 fully saturated rings. The summed E-state index contributed by atoms with van der Waals surface area (Å²) in [5.41, 5.74) is 3.29. The van der Waals surface area contributed by atoms with Crippen molar-refractivity contribution in [1.29, 1.82) is 5.26 Å². The molecule has 1 aliphatic heterocycles. The Kier molecular flexibility index (Phi) is 6.15. The number of carbonyl (C=O) groups excluding carboxylic acids is 1. The quantitative estimate of drug-likeness (QED) is 0.709. The Morgan fingerprint density at radius 2 is 2.11 bits per heavy atom. The second-order valence-electron chi connectivity index (χ2n) is 6.59. The van der Waals surface area contributed by atoms with Gasteiger partial charge in [-0.3, -0.25) is 14.4 Å². The Morgan fingerprint density at radius 1 is 1.32 bits per heavy atom. The maximum atomic E-state index is 12.4. The molecule has 0 bridgehead atoms. The van der Waals surface area contributed by atoms with Crippen LogP contribution in [0.25, 0.3) is 0 Å². The smallest absolute Gasteiger partial charge is 0.276 e. The molecule has 1 aliphatic rings. The van der Waals surface area contributed by atoms with Crippen molar-refractivity contribution in [3.05, 3.63) is 69.9 Å². The maximum absolute atomic E-state index is 12.4. The topological polar surface area (TPSA) is 74.0 Å². The number of aromatic nitrogens is 2. The maximum Gasteiger partial charge on any atom is 0.276 e. The average Bonchev–Trinajstić information content (AvgIpc) is 3.25. The van der Waals surface area contributed by atoms with Crippen molar-refractivity contribution in [2.75, 3.05) is 11.9 Å². The molecule has 28 heavy (non-hydrogen) atoms. The minimum absolute atomic E-state index is 0. The minimum atomic E-state index is -0.285. The first-order valence-corrected chi connectivity index (χ1v) is 9.57. The number of rotatable bonds is 4. The molecule has 0 spiro atoms. The van der Waals surface area contributed by atoms with Crippen molar-refractivity contribution in [1.82, 2.24) is 14.7 Å². The van der Waals surface area contributed by atoms with E-state index < -0.39 is 0 Å². The zero-order valence-electron chi connectivity index (χ0n) is 15.4. The second-order valence-corrected chi connectivity index (χ2v) is 7.70. The molecule has 6 nitrogen and oxygen atoms in total. The minimum Gasteiger partial charge on any atom is -0.311 e. The van der Waals surface area contributed by atoms with Crippen molar-refractivity contribution < 1.29 is 4.79 Å². The predicted molar refractivity (Wildman–Crippen MR) is 112 cm³/mol. The highest BCUT2D eigenvalue weighted by Gasteiger charge is 2.25. The highest BCUT2D eigenvalue weighted by Crippen LogP contribution is 2.37. The molecule has 144 valence electrons. The van der Waals surface area contributed by atoms with E-state index in [2.05, 4.69) is 45.7 Å². The second kappa shape index (κ2) is 8.57. The lowest BCUT2D eigenvalue weighted by Gasteiger charge is -2.26. The lowest BCUT2D eigenvalue weighted by molar-refractivity contribution is 0.102. The summed E-state index contributed by atoms with van der Waals surface area (Å²) in [5, 5.41) is 17.2. The summed E-state index contributed by atoms with van der Waals surface area (Å²) < 4.78 is 1.58. The number of amides is 1. The van der Waals surface area contributed by atoms with E-state index in [0.29, 0.717) is 16.3 Å². The molecular weight excluding hydrogens is 394 g/mol. The van der Waals surface area contributed by atoms with E-state index >= 15 is 0 Å². The molecule has 2 aromatic heterocycles. The lowest BCUT2D eigenvalue weighted by Crippen LogP contribution is -2.29. The first-order chi connectivity index (χ1) is 13.1. The number of hydrogen-bond acceptors (Lipinski definition) is 5. The van der Waals surface area contributed by atoms with Gasteiger partial charge in [0.1, 0.15) is 11.1 Å². The van der Waals surface area contributed by atoms with Crippen LogP contribution in [0.3, 0.4) is 0 Å². The van der Waals surface area contributed by atoms with Gasteiger partial charge in [0.05, 0.1) is 5.56 Å². The highest BCUT2D eigenvalue weighted by atomic mass is 35.5. The molecular formula is C20H20ClN5OS. The van der Waals surface area contributed by atoms with Crippen molar-refractivity contribution in [2.45, 2.75) is 19.5 Å². The summed E-state index contributed by atoms with van der Waals surface area (Å²) in [5.74, 6) is -0.285. The van der Waals surface area contributed by atoms with Crippen molar-refractivity contribution >= 4 is 34.7 Å². The number of anilines is 1. The Bertz CT molecular complexity index is 1020. The average molecular weight is 414 g/mol. The van der Waals surface area contributed by atoms with Gasteiger partial charge in [-0.15, -0.1) is 23.7 Å². The molecule has 0 saturated carbocycles. The molecule has 1 N–H and O–H groups in total. The summed E-state index contributed by atoms with van der Waals surface area (Å²) >= 11 is 1.50. The van der Waals surface area contributed by atoms with E-state index in [9.17, 15) is 10.1 Å². The van der Waals surface area contributed by atoms with Crippen LogP contribution >= 0.6 is 23.7 Å². The van der Waals surface area contributed by atoms with Gasteiger partial charge in [-0.2, -0.15) is 10.4 Å². The summed E-state index contributed by atoms with van der Waals surface area (Å²) in [6.07, 6.45) is 2.54. The molecule has 0 radical (unpaired) electrons. The summed E-state index contributed by atoms with van der Waals surface area (Å²) in [6.45, 7) is 2.58. The number of hydrogen-bond donors (Lipinski definition) is 1. The van der Waals surface area contributed by atoms with Gasteiger partial charge in [0.15, 0.2) is 5.69 Å². The van der Waals surface area contributed by atoms with Gasteiger partial charge in [-0.25, -0.2) is 0 Å². The van der Waals surface area contributed by atoms with Gasteiger partial charge in [-0.1, -0.05) is 30.3 Å². The van der Waals surface area contributed by atoms with Crippen LogP contribution in [0, 0.1) is 11.3 Å². The van der Waals surface area contributed by atoms with E-state index in [1.54, 1.807) is 24.0 Å². The lowest BCUT2D eigenvalue weighted by atomic mass is 10.0. The van der Waals surface area contributed by atoms with E-state index in [-0.39, 0.29) is 18.3 Å². The summed E-state index contributed by atoms with van der Waals surface area (Å²) in [4.78, 5) is 15.9. The Morgan fingerprint density at radius 3 is 2.79 bits per heavy atom. The number of carbonyl (C=O) groups is 1. The fourth-order valence-electron chi connectivity index (χ4n) is 3.34. The standard InChI is InChI=1S/C20H19N5OS.ClH/c1-24-9-8-17(23-24)19(26)22-20-16(11-21)15-7-10-25(13-18(15)27-20)12-14-5-3-2-4-6-14;/h2-6,8-9H,7,10,12-13H2,1H3,(H,22,26);1H. The van der Waals surface area contributed by atoms with E-state index in [4.69, 9.17) is 0 Å². The molecule has 1 aromatic carbocycles. The fourth-order valence-corrected chi connectivity index (χ4v) is 4.58. The number of halogens is 1. The van der Waals surface area contributed by atoms with Crippen LogP contribution in [0.2, 0.25) is 0 Å². The Hall–Kier alpha value is -2.66. The van der Waals surface area contributed by atoms with Crippen LogP contribution in [0.4, 0.5) is 5.00 Å². The van der Waals surface area contributed by atoms with Crippen LogP contribution < -0.4 is 5.32 Å². The summed E-state index contributed by atoms with van der Waals surface area (Å²) in [7, 11) is 1.77. The molecule has 0 aliphatic carbocycles. The SMILES string of the molecule is Cl.Cn1ccc(C(=O)Nc2sc3c(c2C#N)CCN(Cc2ccccc2)C3)n1. The number of aryl methyl sites for hydroxylation is 1. The number of thiophene rings is 1. The highest BCUT2D eigenvalue weighted by molar-refractivity contribution is 7.16. The van der Waals surface area contributed by atoms with Crippen LogP contribution in [0.15, 0.2) is 42.6 Å². The molecule has 1 amide bonds. The fraction of sp³-hybridized carbons (Fsp3) is 0.250. The summed E-state index contributed by atoms with van der Waals surface area (Å²) in [6, 6.07) is 14.3. The first kappa shape index (κ1) is 20.1. The zero-order valence-corrected chi connectivity index (χ0v) is 17.0.